The van der Waals surface area contributed by atoms with Gasteiger partial charge in [0.25, 0.3) is 0 Å². The van der Waals surface area contributed by atoms with E-state index in [-0.39, 0.29) is 12.6 Å². The number of nitrogens with zero attached hydrogens (tertiary/aromatic N) is 5. The van der Waals surface area contributed by atoms with Gasteiger partial charge < -0.3 is 4.74 Å². The van der Waals surface area contributed by atoms with Gasteiger partial charge in [0.15, 0.2) is 0 Å². The lowest BCUT2D eigenvalue weighted by atomic mass is 10.1. The van der Waals surface area contributed by atoms with Crippen molar-refractivity contribution in [3.05, 3.63) is 60.4 Å². The van der Waals surface area contributed by atoms with E-state index in [9.17, 15) is 15.3 Å². The van der Waals surface area contributed by atoms with E-state index in [0.717, 1.165) is 10.8 Å². The van der Waals surface area contributed by atoms with Crippen LogP contribution in [-0.2, 0) is 0 Å². The number of hydrogen-bond donors (Lipinski definition) is 0. The third kappa shape index (κ3) is 2.67. The Hall–Kier alpha value is -4.10. The zero-order valence-corrected chi connectivity index (χ0v) is 15.0. The van der Waals surface area contributed by atoms with Crippen LogP contribution in [0, 0.1) is 22.7 Å². The molecule has 28 heavy (non-hydrogen) atoms. The number of nitriles is 2. The Labute approximate surface area is 161 Å². The lowest BCUT2D eigenvalue weighted by molar-refractivity contribution is 0.255. The monoisotopic (exact) mass is 369 g/mol. The van der Waals surface area contributed by atoms with Gasteiger partial charge in [-0.1, -0.05) is 24.3 Å². The van der Waals surface area contributed by atoms with Crippen molar-refractivity contribution in [3.8, 4) is 17.9 Å². The van der Waals surface area contributed by atoms with Crippen molar-refractivity contribution in [2.24, 2.45) is 0 Å². The highest BCUT2D eigenvalue weighted by atomic mass is 16.5. The molecule has 1 fully saturated rings. The summed E-state index contributed by atoms with van der Waals surface area (Å²) in [6, 6.07) is 15.6. The van der Waals surface area contributed by atoms with Crippen molar-refractivity contribution in [1.29, 1.82) is 10.5 Å². The lowest BCUT2D eigenvalue weighted by Crippen LogP contribution is -2.34. The highest BCUT2D eigenvalue weighted by Crippen LogP contribution is 2.37. The predicted octanol–water partition coefficient (Wildman–Crippen LogP) is 3.45. The summed E-state index contributed by atoms with van der Waals surface area (Å²) in [5, 5.41) is 20.6. The molecule has 7 heteroatoms. The smallest absolute Gasteiger partial charge is 0.330 e. The van der Waals surface area contributed by atoms with E-state index >= 15 is 0 Å². The van der Waals surface area contributed by atoms with Crippen LogP contribution >= 0.6 is 0 Å². The Morgan fingerprint density at radius 3 is 2.71 bits per heavy atom. The minimum Gasteiger partial charge on any atom is -0.495 e. The number of amides is 2. The topological polar surface area (TPSA) is 93.2 Å². The van der Waals surface area contributed by atoms with Crippen LogP contribution in [0.15, 0.2) is 54.9 Å². The van der Waals surface area contributed by atoms with Gasteiger partial charge in [0.2, 0.25) is 0 Å². The molecule has 2 amide bonds. The van der Waals surface area contributed by atoms with Crippen molar-refractivity contribution in [3.63, 3.8) is 0 Å². The number of anilines is 2. The molecule has 1 atom stereocenters. The molecular formula is C21H15N5O2. The number of carbonyl (C=O) groups is 1. The van der Waals surface area contributed by atoms with Gasteiger partial charge in [0.1, 0.15) is 11.8 Å². The molecule has 1 aliphatic heterocycles. The van der Waals surface area contributed by atoms with E-state index in [1.54, 1.807) is 30.6 Å². The van der Waals surface area contributed by atoms with E-state index in [2.05, 4.69) is 17.1 Å². The molecule has 4 rings (SSSR count). The second-order valence-corrected chi connectivity index (χ2v) is 6.29. The average Bonchev–Trinajstić information content (AvgIpc) is 3.08. The van der Waals surface area contributed by atoms with E-state index in [1.807, 2.05) is 24.3 Å². The quantitative estimate of drug-likeness (QED) is 0.705. The number of carbonyl (C=O) groups excluding carboxylic acids is 1. The molecule has 0 aliphatic carbocycles. The number of aromatic nitrogens is 1. The molecule has 2 heterocycles. The van der Waals surface area contributed by atoms with E-state index in [4.69, 9.17) is 4.74 Å². The summed E-state index contributed by atoms with van der Waals surface area (Å²) in [4.78, 5) is 20.5. The van der Waals surface area contributed by atoms with Crippen molar-refractivity contribution in [2.45, 2.75) is 6.04 Å². The minimum atomic E-state index is -0.699. The molecule has 1 aliphatic rings. The van der Waals surface area contributed by atoms with Crippen LogP contribution in [0.4, 0.5) is 16.2 Å². The predicted molar refractivity (Wildman–Crippen MR) is 104 cm³/mol. The van der Waals surface area contributed by atoms with Crippen molar-refractivity contribution < 1.29 is 9.53 Å². The first kappa shape index (κ1) is 17.3. The van der Waals surface area contributed by atoms with Crippen molar-refractivity contribution in [1.82, 2.24) is 4.98 Å². The third-order valence-corrected chi connectivity index (χ3v) is 4.76. The number of rotatable bonds is 3. The Bertz CT molecular complexity index is 1160. The molecule has 0 spiro atoms. The highest BCUT2D eigenvalue weighted by Gasteiger charge is 2.41. The number of benzene rings is 2. The van der Waals surface area contributed by atoms with Crippen LogP contribution in [0.25, 0.3) is 10.8 Å². The second-order valence-electron chi connectivity index (χ2n) is 6.29. The Morgan fingerprint density at radius 1 is 1.14 bits per heavy atom. The molecule has 7 nitrogen and oxygen atoms in total. The first-order valence-electron chi connectivity index (χ1n) is 8.59. The fourth-order valence-electron chi connectivity index (χ4n) is 3.43. The molecule has 0 N–H and O–H groups in total. The summed E-state index contributed by atoms with van der Waals surface area (Å²) in [6.07, 6.45) is 3.31. The van der Waals surface area contributed by atoms with Gasteiger partial charge in [-0.25, -0.2) is 4.79 Å². The van der Waals surface area contributed by atoms with E-state index < -0.39 is 6.04 Å². The Morgan fingerprint density at radius 2 is 1.96 bits per heavy atom. The maximum Gasteiger partial charge on any atom is 0.330 e. The normalized spacial score (nSPS) is 16.1. The van der Waals surface area contributed by atoms with Crippen molar-refractivity contribution >= 4 is 28.2 Å². The molecule has 136 valence electrons. The van der Waals surface area contributed by atoms with E-state index in [0.29, 0.717) is 22.7 Å². The number of ether oxygens (including phenoxy) is 1. The van der Waals surface area contributed by atoms with Crippen LogP contribution in [-0.4, -0.2) is 30.7 Å². The summed E-state index contributed by atoms with van der Waals surface area (Å²) in [5.41, 5.74) is 1.44. The van der Waals surface area contributed by atoms with Crippen LogP contribution < -0.4 is 14.5 Å². The fourth-order valence-corrected chi connectivity index (χ4v) is 3.43. The summed E-state index contributed by atoms with van der Waals surface area (Å²) >= 11 is 0. The molecule has 2 aromatic carbocycles. The summed E-state index contributed by atoms with van der Waals surface area (Å²) in [7, 11) is 1.50. The molecule has 0 unspecified atom stereocenters. The number of urea groups is 1. The van der Waals surface area contributed by atoms with Crippen LogP contribution in [0.5, 0.6) is 5.75 Å². The zero-order valence-electron chi connectivity index (χ0n) is 15.0. The molecule has 0 radical (unpaired) electrons. The maximum atomic E-state index is 13.3. The average molecular weight is 369 g/mol. The minimum absolute atomic E-state index is 0.157. The van der Waals surface area contributed by atoms with Crippen LogP contribution in [0.3, 0.4) is 0 Å². The van der Waals surface area contributed by atoms with Crippen molar-refractivity contribution in [2.75, 3.05) is 23.5 Å². The Balaban J connectivity index is 1.83. The summed E-state index contributed by atoms with van der Waals surface area (Å²) < 4.78 is 5.37. The van der Waals surface area contributed by atoms with Gasteiger partial charge in [0, 0.05) is 17.0 Å². The molecule has 1 saturated heterocycles. The van der Waals surface area contributed by atoms with Gasteiger partial charge in [-0.2, -0.15) is 10.5 Å². The number of fused-ring (bicyclic) bond motifs is 1. The summed E-state index contributed by atoms with van der Waals surface area (Å²) in [5.74, 6) is 0.460. The number of pyridine rings is 1. The van der Waals surface area contributed by atoms with Gasteiger partial charge >= 0.3 is 6.03 Å². The Kier molecular flexibility index (Phi) is 4.27. The van der Waals surface area contributed by atoms with Gasteiger partial charge in [-0.05, 0) is 18.2 Å². The summed E-state index contributed by atoms with van der Waals surface area (Å²) in [6.45, 7) is 0.157. The lowest BCUT2D eigenvalue weighted by Gasteiger charge is -2.22. The molecule has 3 aromatic rings. The maximum absolute atomic E-state index is 13.3. The third-order valence-electron chi connectivity index (χ3n) is 4.76. The fraction of sp³-hybridized carbons (Fsp3) is 0.143. The zero-order chi connectivity index (χ0) is 19.7. The molecule has 0 saturated carbocycles. The first-order chi connectivity index (χ1) is 13.7. The largest absolute Gasteiger partial charge is 0.495 e. The van der Waals surface area contributed by atoms with Crippen LogP contribution in [0.1, 0.15) is 5.56 Å². The SMILES string of the molecule is COc1ccc(C#N)cc1N1C[C@@H](C#N)N(c2cncc3ccccc23)C1=O. The molecule has 1 aromatic heterocycles. The first-order valence-corrected chi connectivity index (χ1v) is 8.59. The molecule has 0 bridgehead atoms. The number of hydrogen-bond acceptors (Lipinski definition) is 5. The van der Waals surface area contributed by atoms with Gasteiger partial charge in [-0.3, -0.25) is 14.8 Å². The van der Waals surface area contributed by atoms with Gasteiger partial charge in [-0.15, -0.1) is 0 Å². The highest BCUT2D eigenvalue weighted by molar-refractivity contribution is 6.12. The number of methoxy groups -OCH3 is 1. The standard InChI is InChI=1S/C21H15N5O2/c1-28-20-7-6-14(9-22)8-18(20)25-13-16(10-23)26(21(25)27)19-12-24-11-15-4-2-3-5-17(15)19/h2-8,11-12,16H,13H2,1H3/t16-/m1/s1. The van der Waals surface area contributed by atoms with E-state index in [1.165, 1.54) is 16.9 Å². The molecular weight excluding hydrogens is 354 g/mol. The van der Waals surface area contributed by atoms with Crippen LogP contribution in [0.2, 0.25) is 0 Å². The van der Waals surface area contributed by atoms with Gasteiger partial charge in [0.05, 0.1) is 48.9 Å². The second kappa shape index (κ2) is 6.90.